The van der Waals surface area contributed by atoms with E-state index in [4.69, 9.17) is 10.5 Å². The van der Waals surface area contributed by atoms with Gasteiger partial charge in [-0.15, -0.1) is 0 Å². The van der Waals surface area contributed by atoms with Gasteiger partial charge in [0.25, 0.3) is 0 Å². The second-order valence-corrected chi connectivity index (χ2v) is 6.02. The molecule has 1 atom stereocenters. The van der Waals surface area contributed by atoms with Crippen LogP contribution in [0.4, 0.5) is 0 Å². The van der Waals surface area contributed by atoms with Gasteiger partial charge >= 0.3 is 0 Å². The number of rotatable bonds is 3. The molecule has 0 saturated carbocycles. The Hall–Kier alpha value is -1.32. The maximum atomic E-state index is 6.44. The largest absolute Gasteiger partial charge is 0.496 e. The Labute approximate surface area is 129 Å². The van der Waals surface area contributed by atoms with Crippen molar-refractivity contribution >= 4 is 15.9 Å². The summed E-state index contributed by atoms with van der Waals surface area (Å²) in [7, 11) is 1.69. The van der Waals surface area contributed by atoms with Crippen LogP contribution in [-0.2, 0) is 0 Å². The summed E-state index contributed by atoms with van der Waals surface area (Å²) in [6.07, 6.45) is 0. The highest BCUT2D eigenvalue weighted by Gasteiger charge is 2.14. The van der Waals surface area contributed by atoms with Crippen molar-refractivity contribution in [3.05, 3.63) is 62.6 Å². The molecule has 3 heteroatoms. The van der Waals surface area contributed by atoms with Crippen molar-refractivity contribution in [1.29, 1.82) is 0 Å². The summed E-state index contributed by atoms with van der Waals surface area (Å²) >= 11 is 3.56. The monoisotopic (exact) mass is 333 g/mol. The Balaban J connectivity index is 2.46. The fourth-order valence-electron chi connectivity index (χ4n) is 2.35. The number of hydrogen-bond donors (Lipinski definition) is 1. The van der Waals surface area contributed by atoms with Crippen LogP contribution in [0.2, 0.25) is 0 Å². The number of nitrogens with two attached hydrogens (primary N) is 1. The molecule has 0 aliphatic carbocycles. The van der Waals surface area contributed by atoms with Crippen LogP contribution in [0.5, 0.6) is 5.75 Å². The predicted octanol–water partition coefficient (Wildman–Crippen LogP) is 4.43. The van der Waals surface area contributed by atoms with E-state index in [2.05, 4.69) is 54.0 Å². The molecule has 106 valence electrons. The molecule has 20 heavy (non-hydrogen) atoms. The van der Waals surface area contributed by atoms with Crippen molar-refractivity contribution in [3.63, 3.8) is 0 Å². The standard InChI is InChI=1S/C17H20BrNO/c1-10-5-6-13(9-16(10)20-4)17(19)14-7-12(3)15(18)8-11(14)2/h5-9,17H,19H2,1-4H3. The van der Waals surface area contributed by atoms with Gasteiger partial charge in [0.1, 0.15) is 5.75 Å². The molecule has 0 aliphatic rings. The minimum absolute atomic E-state index is 0.142. The summed E-state index contributed by atoms with van der Waals surface area (Å²) in [5.41, 5.74) is 12.2. The van der Waals surface area contributed by atoms with E-state index in [1.54, 1.807) is 7.11 Å². The summed E-state index contributed by atoms with van der Waals surface area (Å²) in [6, 6.07) is 10.3. The number of benzene rings is 2. The lowest BCUT2D eigenvalue weighted by Gasteiger charge is -2.18. The number of halogens is 1. The minimum atomic E-state index is -0.142. The average molecular weight is 334 g/mol. The van der Waals surface area contributed by atoms with Crippen LogP contribution in [-0.4, -0.2) is 7.11 Å². The third-order valence-corrected chi connectivity index (χ3v) is 4.53. The van der Waals surface area contributed by atoms with Gasteiger partial charge in [0, 0.05) is 4.47 Å². The molecule has 1 unspecified atom stereocenters. The average Bonchev–Trinajstić information content (AvgIpc) is 2.42. The van der Waals surface area contributed by atoms with Crippen molar-refractivity contribution in [2.45, 2.75) is 26.8 Å². The first-order valence-electron chi connectivity index (χ1n) is 6.60. The third-order valence-electron chi connectivity index (χ3n) is 3.67. The molecule has 0 aliphatic heterocycles. The maximum Gasteiger partial charge on any atom is 0.122 e. The molecule has 0 spiro atoms. The highest BCUT2D eigenvalue weighted by molar-refractivity contribution is 9.10. The van der Waals surface area contributed by atoms with Crippen molar-refractivity contribution in [1.82, 2.24) is 0 Å². The lowest BCUT2D eigenvalue weighted by Crippen LogP contribution is -2.14. The molecule has 2 aromatic carbocycles. The lowest BCUT2D eigenvalue weighted by atomic mass is 9.93. The van der Waals surface area contributed by atoms with Crippen molar-refractivity contribution in [2.24, 2.45) is 5.73 Å². The summed E-state index contributed by atoms with van der Waals surface area (Å²) in [5.74, 6) is 0.879. The van der Waals surface area contributed by atoms with Gasteiger partial charge in [0.2, 0.25) is 0 Å². The molecule has 2 aromatic rings. The van der Waals surface area contributed by atoms with Gasteiger partial charge in [-0.1, -0.05) is 34.1 Å². The fourth-order valence-corrected chi connectivity index (χ4v) is 2.81. The van der Waals surface area contributed by atoms with Gasteiger partial charge in [-0.3, -0.25) is 0 Å². The van der Waals surface area contributed by atoms with Crippen LogP contribution in [0.25, 0.3) is 0 Å². The first-order chi connectivity index (χ1) is 9.43. The quantitative estimate of drug-likeness (QED) is 0.901. The van der Waals surface area contributed by atoms with Crippen molar-refractivity contribution in [2.75, 3.05) is 7.11 Å². The highest BCUT2D eigenvalue weighted by atomic mass is 79.9. The van der Waals surface area contributed by atoms with Gasteiger partial charge < -0.3 is 10.5 Å². The molecule has 0 aromatic heterocycles. The first-order valence-corrected chi connectivity index (χ1v) is 7.40. The summed E-state index contributed by atoms with van der Waals surface area (Å²) in [5, 5.41) is 0. The van der Waals surface area contributed by atoms with E-state index in [9.17, 15) is 0 Å². The van der Waals surface area contributed by atoms with Crippen LogP contribution in [0, 0.1) is 20.8 Å². The normalized spacial score (nSPS) is 12.3. The Morgan fingerprint density at radius 2 is 1.70 bits per heavy atom. The van der Waals surface area contributed by atoms with Gasteiger partial charge in [-0.2, -0.15) is 0 Å². The zero-order valence-electron chi connectivity index (χ0n) is 12.3. The number of ether oxygens (including phenoxy) is 1. The SMILES string of the molecule is COc1cc(C(N)c2cc(C)c(Br)cc2C)ccc1C. The molecule has 0 fully saturated rings. The Bertz CT molecular complexity index is 637. The zero-order chi connectivity index (χ0) is 14.9. The molecule has 2 nitrogen and oxygen atoms in total. The lowest BCUT2D eigenvalue weighted by molar-refractivity contribution is 0.411. The van der Waals surface area contributed by atoms with Crippen molar-refractivity contribution < 1.29 is 4.74 Å². The van der Waals surface area contributed by atoms with Crippen LogP contribution < -0.4 is 10.5 Å². The van der Waals surface area contributed by atoms with E-state index in [0.29, 0.717) is 0 Å². The molecular weight excluding hydrogens is 314 g/mol. The number of hydrogen-bond acceptors (Lipinski definition) is 2. The molecule has 0 radical (unpaired) electrons. The molecule has 0 heterocycles. The Morgan fingerprint density at radius 1 is 1.00 bits per heavy atom. The smallest absolute Gasteiger partial charge is 0.122 e. The van der Waals surface area contributed by atoms with Gasteiger partial charge in [-0.05, 0) is 60.7 Å². The van der Waals surface area contributed by atoms with E-state index in [-0.39, 0.29) is 6.04 Å². The van der Waals surface area contributed by atoms with Crippen LogP contribution in [0.3, 0.4) is 0 Å². The van der Waals surface area contributed by atoms with E-state index in [1.165, 1.54) is 11.1 Å². The van der Waals surface area contributed by atoms with Gasteiger partial charge in [0.15, 0.2) is 0 Å². The van der Waals surface area contributed by atoms with Crippen LogP contribution in [0.15, 0.2) is 34.8 Å². The second kappa shape index (κ2) is 5.98. The Morgan fingerprint density at radius 3 is 2.35 bits per heavy atom. The maximum absolute atomic E-state index is 6.44. The van der Waals surface area contributed by atoms with E-state index >= 15 is 0 Å². The van der Waals surface area contributed by atoms with E-state index < -0.39 is 0 Å². The molecule has 2 N–H and O–H groups in total. The predicted molar refractivity (Wildman–Crippen MR) is 87.4 cm³/mol. The highest BCUT2D eigenvalue weighted by Crippen LogP contribution is 2.30. The van der Waals surface area contributed by atoms with Gasteiger partial charge in [-0.25, -0.2) is 0 Å². The summed E-state index contributed by atoms with van der Waals surface area (Å²) in [6.45, 7) is 6.20. The molecule has 2 rings (SSSR count). The zero-order valence-corrected chi connectivity index (χ0v) is 13.9. The number of aryl methyl sites for hydroxylation is 3. The van der Waals surface area contributed by atoms with E-state index in [1.807, 2.05) is 13.0 Å². The Kier molecular flexibility index (Phi) is 4.51. The third kappa shape index (κ3) is 2.89. The van der Waals surface area contributed by atoms with Crippen LogP contribution in [0.1, 0.15) is 33.9 Å². The molecule has 0 bridgehead atoms. The number of methoxy groups -OCH3 is 1. The summed E-state index contributed by atoms with van der Waals surface area (Å²) in [4.78, 5) is 0. The second-order valence-electron chi connectivity index (χ2n) is 5.16. The fraction of sp³-hybridized carbons (Fsp3) is 0.294. The summed E-state index contributed by atoms with van der Waals surface area (Å²) < 4.78 is 6.50. The molecule has 0 amide bonds. The topological polar surface area (TPSA) is 35.2 Å². The van der Waals surface area contributed by atoms with Crippen LogP contribution >= 0.6 is 15.9 Å². The van der Waals surface area contributed by atoms with Crippen molar-refractivity contribution in [3.8, 4) is 5.75 Å². The van der Waals surface area contributed by atoms with Gasteiger partial charge in [0.05, 0.1) is 13.2 Å². The first kappa shape index (κ1) is 15.1. The molecule has 0 saturated heterocycles. The molecular formula is C17H20BrNO. The van der Waals surface area contributed by atoms with E-state index in [0.717, 1.165) is 26.9 Å². The minimum Gasteiger partial charge on any atom is -0.496 e.